The Morgan fingerprint density at radius 2 is 1.65 bits per heavy atom. The summed E-state index contributed by atoms with van der Waals surface area (Å²) in [5.74, 6) is -3.34. The van der Waals surface area contributed by atoms with Crippen LogP contribution in [0, 0.1) is 16.7 Å². The number of rotatable bonds is 4. The largest absolute Gasteiger partial charge is 0.512 e. The fourth-order valence-corrected chi connectivity index (χ4v) is 5.49. The number of aryl methyl sites for hydroxylation is 1. The number of ether oxygens (including phenoxy) is 1. The van der Waals surface area contributed by atoms with Gasteiger partial charge in [0.05, 0.1) is 24.5 Å². The second-order valence-electron chi connectivity index (χ2n) is 11.2. The van der Waals surface area contributed by atoms with E-state index in [2.05, 4.69) is 0 Å². The summed E-state index contributed by atoms with van der Waals surface area (Å²) in [6.07, 6.45) is 0.842. The fraction of sp³-hybridized carbons (Fsp3) is 0.538. The van der Waals surface area contributed by atoms with Crippen molar-refractivity contribution in [3.8, 4) is 0 Å². The standard InChI is InChI=1S/C26H31NO7/c1-25(2)9-15(28)21(16(29)10-25)23(22-17(30)11-26(3,4)12-18(22)31)20-7-13-19(34-20)8-14(27(13)5)24(32)33-6/h7-8,21,23,30H,9-12H2,1-6H3. The van der Waals surface area contributed by atoms with E-state index in [0.29, 0.717) is 11.1 Å². The second kappa shape index (κ2) is 7.96. The van der Waals surface area contributed by atoms with Crippen LogP contribution in [-0.2, 0) is 26.2 Å². The molecule has 0 aliphatic heterocycles. The number of carbonyl (C=O) groups excluding carboxylic acids is 4. The van der Waals surface area contributed by atoms with Gasteiger partial charge in [-0.15, -0.1) is 0 Å². The van der Waals surface area contributed by atoms with Crippen molar-refractivity contribution in [2.24, 2.45) is 23.8 Å². The molecule has 8 heteroatoms. The molecule has 2 aliphatic rings. The zero-order valence-corrected chi connectivity index (χ0v) is 20.5. The Morgan fingerprint density at radius 1 is 1.06 bits per heavy atom. The van der Waals surface area contributed by atoms with Gasteiger partial charge in [0.15, 0.2) is 11.4 Å². The molecule has 1 saturated carbocycles. The third kappa shape index (κ3) is 3.99. The number of Topliss-reactive ketones (excluding diaryl/α,β-unsaturated/α-hetero) is 3. The van der Waals surface area contributed by atoms with Crippen LogP contribution in [0.2, 0.25) is 0 Å². The monoisotopic (exact) mass is 469 g/mol. The molecule has 34 heavy (non-hydrogen) atoms. The van der Waals surface area contributed by atoms with Gasteiger partial charge in [-0.25, -0.2) is 4.79 Å². The highest BCUT2D eigenvalue weighted by Crippen LogP contribution is 2.48. The Labute approximate surface area is 197 Å². The molecule has 0 saturated heterocycles. The number of carbonyl (C=O) groups is 4. The van der Waals surface area contributed by atoms with Crippen LogP contribution >= 0.6 is 0 Å². The number of ketones is 3. The van der Waals surface area contributed by atoms with Crippen LogP contribution < -0.4 is 0 Å². The second-order valence-corrected chi connectivity index (χ2v) is 11.2. The van der Waals surface area contributed by atoms with Crippen molar-refractivity contribution in [1.82, 2.24) is 4.57 Å². The lowest BCUT2D eigenvalue weighted by molar-refractivity contribution is -0.140. The minimum Gasteiger partial charge on any atom is -0.512 e. The van der Waals surface area contributed by atoms with Crippen molar-refractivity contribution in [3.05, 3.63) is 34.9 Å². The van der Waals surface area contributed by atoms with Crippen molar-refractivity contribution in [2.75, 3.05) is 7.11 Å². The highest BCUT2D eigenvalue weighted by Gasteiger charge is 2.49. The number of furan rings is 1. The third-order valence-corrected chi connectivity index (χ3v) is 6.99. The van der Waals surface area contributed by atoms with Crippen molar-refractivity contribution in [3.63, 3.8) is 0 Å². The lowest BCUT2D eigenvalue weighted by Crippen LogP contribution is -2.43. The van der Waals surface area contributed by atoms with Gasteiger partial charge in [0.2, 0.25) is 0 Å². The molecule has 1 unspecified atom stereocenters. The van der Waals surface area contributed by atoms with E-state index in [1.807, 2.05) is 27.7 Å². The SMILES string of the molecule is COC(=O)c1cc2oc(C(C3=C(O)CC(C)(C)CC3=O)C3C(=O)CC(C)(C)CC3=O)cc2n1C. The van der Waals surface area contributed by atoms with Crippen LogP contribution in [0.1, 0.15) is 75.5 Å². The molecule has 182 valence electrons. The van der Waals surface area contributed by atoms with Crippen molar-refractivity contribution in [1.29, 1.82) is 0 Å². The van der Waals surface area contributed by atoms with Crippen LogP contribution in [0.5, 0.6) is 0 Å². The highest BCUT2D eigenvalue weighted by atomic mass is 16.5. The molecule has 1 N–H and O–H groups in total. The number of aromatic nitrogens is 1. The number of aliphatic hydroxyl groups is 1. The first-order chi connectivity index (χ1) is 15.7. The lowest BCUT2D eigenvalue weighted by atomic mass is 9.63. The van der Waals surface area contributed by atoms with E-state index < -0.39 is 28.6 Å². The molecule has 2 aromatic heterocycles. The maximum atomic E-state index is 13.3. The lowest BCUT2D eigenvalue weighted by Gasteiger charge is -2.38. The molecule has 8 nitrogen and oxygen atoms in total. The number of aliphatic hydroxyl groups excluding tert-OH is 1. The van der Waals surface area contributed by atoms with Crippen molar-refractivity contribution < 1.29 is 33.4 Å². The predicted molar refractivity (Wildman–Crippen MR) is 123 cm³/mol. The summed E-state index contributed by atoms with van der Waals surface area (Å²) in [4.78, 5) is 51.9. The molecule has 4 rings (SSSR count). The topological polar surface area (TPSA) is 116 Å². The van der Waals surface area contributed by atoms with Gasteiger partial charge in [-0.05, 0) is 10.8 Å². The van der Waals surface area contributed by atoms with Crippen molar-refractivity contribution >= 4 is 34.4 Å². The molecule has 0 spiro atoms. The molecule has 1 atom stereocenters. The maximum Gasteiger partial charge on any atom is 0.354 e. The molecular weight excluding hydrogens is 438 g/mol. The minimum absolute atomic E-state index is 0.0815. The van der Waals surface area contributed by atoms with E-state index >= 15 is 0 Å². The molecule has 0 radical (unpaired) electrons. The molecule has 1 fully saturated rings. The maximum absolute atomic E-state index is 13.3. The zero-order chi connectivity index (χ0) is 25.2. The number of methoxy groups -OCH3 is 1. The number of hydrogen-bond donors (Lipinski definition) is 1. The van der Waals surface area contributed by atoms with Gasteiger partial charge in [-0.2, -0.15) is 0 Å². The van der Waals surface area contributed by atoms with Gasteiger partial charge in [0.1, 0.15) is 28.8 Å². The molecular formula is C26H31NO7. The van der Waals surface area contributed by atoms with E-state index in [4.69, 9.17) is 9.15 Å². The first-order valence-corrected chi connectivity index (χ1v) is 11.4. The molecule has 0 bridgehead atoms. The predicted octanol–water partition coefficient (Wildman–Crippen LogP) is 4.42. The van der Waals surface area contributed by atoms with Gasteiger partial charge in [0.25, 0.3) is 0 Å². The summed E-state index contributed by atoms with van der Waals surface area (Å²) in [5, 5.41) is 11.0. The van der Waals surface area contributed by atoms with Crippen LogP contribution in [0.4, 0.5) is 0 Å². The summed E-state index contributed by atoms with van der Waals surface area (Å²) in [7, 11) is 2.96. The summed E-state index contributed by atoms with van der Waals surface area (Å²) in [5.41, 5.74) is 0.387. The molecule has 0 amide bonds. The summed E-state index contributed by atoms with van der Waals surface area (Å²) in [6.45, 7) is 7.52. The third-order valence-electron chi connectivity index (χ3n) is 6.99. The zero-order valence-electron chi connectivity index (χ0n) is 20.5. The van der Waals surface area contributed by atoms with Gasteiger partial charge in [0, 0.05) is 50.4 Å². The Bertz CT molecular complexity index is 1230. The summed E-state index contributed by atoms with van der Waals surface area (Å²) >= 11 is 0. The first kappa shape index (κ1) is 24.0. The summed E-state index contributed by atoms with van der Waals surface area (Å²) in [6, 6.07) is 3.16. The Balaban J connectivity index is 1.89. The van der Waals surface area contributed by atoms with Crippen LogP contribution in [0.3, 0.4) is 0 Å². The number of allylic oxidation sites excluding steroid dienone is 2. The van der Waals surface area contributed by atoms with Gasteiger partial charge in [-0.3, -0.25) is 14.4 Å². The van der Waals surface area contributed by atoms with Crippen LogP contribution in [-0.4, -0.2) is 40.1 Å². The average Bonchev–Trinajstić information content (AvgIpc) is 3.22. The highest BCUT2D eigenvalue weighted by molar-refractivity contribution is 6.09. The van der Waals surface area contributed by atoms with Crippen LogP contribution in [0.15, 0.2) is 27.9 Å². The van der Waals surface area contributed by atoms with E-state index in [9.17, 15) is 24.3 Å². The van der Waals surface area contributed by atoms with Crippen LogP contribution in [0.25, 0.3) is 11.1 Å². The quantitative estimate of drug-likeness (QED) is 0.520. The Morgan fingerprint density at radius 3 is 2.18 bits per heavy atom. The fourth-order valence-electron chi connectivity index (χ4n) is 5.49. The molecule has 0 aromatic carbocycles. The van der Waals surface area contributed by atoms with Gasteiger partial charge in [-0.1, -0.05) is 27.7 Å². The molecule has 2 heterocycles. The van der Waals surface area contributed by atoms with E-state index in [-0.39, 0.29) is 65.8 Å². The normalized spacial score (nSPS) is 21.9. The van der Waals surface area contributed by atoms with Gasteiger partial charge < -0.3 is 18.8 Å². The summed E-state index contributed by atoms with van der Waals surface area (Å²) < 4.78 is 12.5. The molecule has 2 aromatic rings. The molecule has 2 aliphatic carbocycles. The number of esters is 1. The van der Waals surface area contributed by atoms with Crippen molar-refractivity contribution in [2.45, 2.75) is 59.3 Å². The Hall–Kier alpha value is -3.16. The smallest absolute Gasteiger partial charge is 0.354 e. The average molecular weight is 470 g/mol. The number of fused-ring (bicyclic) bond motifs is 1. The number of nitrogens with zero attached hydrogens (tertiary/aromatic N) is 1. The minimum atomic E-state index is -1.11. The van der Waals surface area contributed by atoms with Gasteiger partial charge >= 0.3 is 5.97 Å². The van der Waals surface area contributed by atoms with E-state index in [0.717, 1.165) is 0 Å². The Kier molecular flexibility index (Phi) is 5.61. The van der Waals surface area contributed by atoms with E-state index in [1.165, 1.54) is 13.2 Å². The first-order valence-electron chi connectivity index (χ1n) is 11.4. The van der Waals surface area contributed by atoms with E-state index in [1.54, 1.807) is 17.7 Å². The number of hydrogen-bond acceptors (Lipinski definition) is 7.